The molecule has 0 heterocycles. The molecule has 0 aliphatic heterocycles. The summed E-state index contributed by atoms with van der Waals surface area (Å²) >= 11 is 5.94. The second kappa shape index (κ2) is 7.55. The molecular formula is C16H16ClNO3. The molecule has 2 aromatic carbocycles. The van der Waals surface area contributed by atoms with Gasteiger partial charge in [0.2, 0.25) is 0 Å². The molecule has 0 fully saturated rings. The van der Waals surface area contributed by atoms with Gasteiger partial charge in [-0.15, -0.1) is 0 Å². The fraction of sp³-hybridized carbons (Fsp3) is 0.188. The number of hydrogen-bond acceptors (Lipinski definition) is 3. The molecule has 0 bridgehead atoms. The van der Waals surface area contributed by atoms with Gasteiger partial charge in [-0.25, -0.2) is 0 Å². The zero-order chi connectivity index (χ0) is 15.1. The van der Waals surface area contributed by atoms with E-state index in [1.165, 1.54) is 0 Å². The van der Waals surface area contributed by atoms with Crippen LogP contribution < -0.4 is 14.8 Å². The minimum atomic E-state index is -0.203. The molecule has 0 saturated carbocycles. The van der Waals surface area contributed by atoms with Crippen molar-refractivity contribution in [1.82, 2.24) is 5.32 Å². The Labute approximate surface area is 128 Å². The Morgan fingerprint density at radius 3 is 2.52 bits per heavy atom. The molecule has 21 heavy (non-hydrogen) atoms. The summed E-state index contributed by atoms with van der Waals surface area (Å²) in [6, 6.07) is 14.5. The summed E-state index contributed by atoms with van der Waals surface area (Å²) in [5.41, 5.74) is 0.988. The Morgan fingerprint density at radius 2 is 1.86 bits per heavy atom. The normalized spacial score (nSPS) is 10.0. The highest BCUT2D eigenvalue weighted by Crippen LogP contribution is 2.22. The van der Waals surface area contributed by atoms with Crippen LogP contribution in [0.5, 0.6) is 11.5 Å². The van der Waals surface area contributed by atoms with Gasteiger partial charge in [-0.1, -0.05) is 35.9 Å². The number of carbonyl (C=O) groups is 1. The van der Waals surface area contributed by atoms with Crippen LogP contribution in [0, 0.1) is 0 Å². The lowest BCUT2D eigenvalue weighted by atomic mass is 10.2. The molecule has 5 heteroatoms. The average Bonchev–Trinajstić information content (AvgIpc) is 2.52. The van der Waals surface area contributed by atoms with E-state index in [9.17, 15) is 4.79 Å². The standard InChI is InChI=1S/C16H16ClNO3/c1-20-13-8-6-12(7-9-13)10-18-16(19)11-21-15-5-3-2-4-14(15)17/h2-9H,10-11H2,1H3,(H,18,19). The van der Waals surface area contributed by atoms with Gasteiger partial charge in [0.05, 0.1) is 12.1 Å². The van der Waals surface area contributed by atoms with Crippen LogP contribution in [-0.2, 0) is 11.3 Å². The van der Waals surface area contributed by atoms with Crippen molar-refractivity contribution in [2.75, 3.05) is 13.7 Å². The number of methoxy groups -OCH3 is 1. The van der Waals surface area contributed by atoms with Crippen LogP contribution in [0.15, 0.2) is 48.5 Å². The van der Waals surface area contributed by atoms with Gasteiger partial charge in [0, 0.05) is 6.54 Å². The lowest BCUT2D eigenvalue weighted by Gasteiger charge is -2.09. The second-order valence-corrected chi connectivity index (χ2v) is 4.75. The second-order valence-electron chi connectivity index (χ2n) is 4.34. The zero-order valence-corrected chi connectivity index (χ0v) is 12.4. The van der Waals surface area contributed by atoms with Gasteiger partial charge in [-0.3, -0.25) is 4.79 Å². The number of amides is 1. The first-order valence-corrected chi connectivity index (χ1v) is 6.84. The minimum absolute atomic E-state index is 0.0696. The summed E-state index contributed by atoms with van der Waals surface area (Å²) in [6.07, 6.45) is 0. The first-order chi connectivity index (χ1) is 10.2. The van der Waals surface area contributed by atoms with E-state index in [0.29, 0.717) is 17.3 Å². The van der Waals surface area contributed by atoms with Crippen LogP contribution >= 0.6 is 11.6 Å². The molecule has 110 valence electrons. The third-order valence-electron chi connectivity index (χ3n) is 2.84. The molecule has 0 aliphatic rings. The molecule has 0 aliphatic carbocycles. The number of hydrogen-bond donors (Lipinski definition) is 1. The quantitative estimate of drug-likeness (QED) is 0.892. The molecule has 0 radical (unpaired) electrons. The predicted octanol–water partition coefficient (Wildman–Crippen LogP) is 3.04. The summed E-state index contributed by atoms with van der Waals surface area (Å²) < 4.78 is 10.4. The van der Waals surface area contributed by atoms with E-state index in [2.05, 4.69) is 5.32 Å². The Bertz CT molecular complexity index is 599. The Kier molecular flexibility index (Phi) is 5.46. The maximum Gasteiger partial charge on any atom is 0.258 e. The molecule has 0 unspecified atom stereocenters. The molecule has 0 spiro atoms. The SMILES string of the molecule is COc1ccc(CNC(=O)COc2ccccc2Cl)cc1. The number of rotatable bonds is 6. The molecule has 0 atom stereocenters. The molecule has 0 saturated heterocycles. The van der Waals surface area contributed by atoms with E-state index < -0.39 is 0 Å². The first-order valence-electron chi connectivity index (χ1n) is 6.46. The lowest BCUT2D eigenvalue weighted by Crippen LogP contribution is -2.28. The van der Waals surface area contributed by atoms with Gasteiger partial charge in [-0.05, 0) is 29.8 Å². The van der Waals surface area contributed by atoms with Crippen LogP contribution in [0.3, 0.4) is 0 Å². The van der Waals surface area contributed by atoms with Crippen LogP contribution in [0.2, 0.25) is 5.02 Å². The van der Waals surface area contributed by atoms with Crippen molar-refractivity contribution < 1.29 is 14.3 Å². The Morgan fingerprint density at radius 1 is 1.14 bits per heavy atom. The third kappa shape index (κ3) is 4.68. The number of nitrogens with one attached hydrogen (secondary N) is 1. The van der Waals surface area contributed by atoms with Gasteiger partial charge in [0.1, 0.15) is 11.5 Å². The van der Waals surface area contributed by atoms with Crippen LogP contribution in [0.25, 0.3) is 0 Å². The summed E-state index contributed by atoms with van der Waals surface area (Å²) in [6.45, 7) is 0.370. The number of para-hydroxylation sites is 1. The zero-order valence-electron chi connectivity index (χ0n) is 11.6. The highest BCUT2D eigenvalue weighted by atomic mass is 35.5. The van der Waals surface area contributed by atoms with Gasteiger partial charge >= 0.3 is 0 Å². The van der Waals surface area contributed by atoms with Crippen molar-refractivity contribution in [3.63, 3.8) is 0 Å². The van der Waals surface area contributed by atoms with E-state index >= 15 is 0 Å². The molecule has 1 amide bonds. The van der Waals surface area contributed by atoms with E-state index in [1.54, 1.807) is 31.4 Å². The molecule has 0 aromatic heterocycles. The van der Waals surface area contributed by atoms with Crippen LogP contribution in [0.1, 0.15) is 5.56 Å². The van der Waals surface area contributed by atoms with Crippen molar-refractivity contribution in [2.24, 2.45) is 0 Å². The highest BCUT2D eigenvalue weighted by molar-refractivity contribution is 6.32. The lowest BCUT2D eigenvalue weighted by molar-refractivity contribution is -0.123. The Balaban J connectivity index is 1.78. The molecule has 2 aromatic rings. The van der Waals surface area contributed by atoms with Gasteiger partial charge in [0.25, 0.3) is 5.91 Å². The van der Waals surface area contributed by atoms with Crippen LogP contribution in [0.4, 0.5) is 0 Å². The number of halogens is 1. The largest absolute Gasteiger partial charge is 0.497 e. The van der Waals surface area contributed by atoms with Crippen molar-refractivity contribution in [1.29, 1.82) is 0 Å². The summed E-state index contributed by atoms with van der Waals surface area (Å²) in [4.78, 5) is 11.7. The topological polar surface area (TPSA) is 47.6 Å². The van der Waals surface area contributed by atoms with Crippen molar-refractivity contribution >= 4 is 17.5 Å². The summed E-state index contributed by atoms with van der Waals surface area (Å²) in [7, 11) is 1.61. The number of ether oxygens (including phenoxy) is 2. The molecule has 4 nitrogen and oxygen atoms in total. The van der Waals surface area contributed by atoms with Crippen molar-refractivity contribution in [3.8, 4) is 11.5 Å². The minimum Gasteiger partial charge on any atom is -0.497 e. The third-order valence-corrected chi connectivity index (χ3v) is 3.16. The molecular weight excluding hydrogens is 290 g/mol. The van der Waals surface area contributed by atoms with Gasteiger partial charge in [-0.2, -0.15) is 0 Å². The molecule has 1 N–H and O–H groups in total. The summed E-state index contributed by atoms with van der Waals surface area (Å²) in [5, 5.41) is 3.26. The fourth-order valence-corrected chi connectivity index (χ4v) is 1.89. The van der Waals surface area contributed by atoms with Crippen molar-refractivity contribution in [3.05, 3.63) is 59.1 Å². The fourth-order valence-electron chi connectivity index (χ4n) is 1.70. The van der Waals surface area contributed by atoms with Crippen molar-refractivity contribution in [2.45, 2.75) is 6.54 Å². The predicted molar refractivity (Wildman–Crippen MR) is 81.8 cm³/mol. The van der Waals surface area contributed by atoms with Gasteiger partial charge < -0.3 is 14.8 Å². The monoisotopic (exact) mass is 305 g/mol. The van der Waals surface area contributed by atoms with E-state index in [-0.39, 0.29) is 12.5 Å². The number of benzene rings is 2. The Hall–Kier alpha value is -2.20. The maximum atomic E-state index is 11.7. The van der Waals surface area contributed by atoms with E-state index in [4.69, 9.17) is 21.1 Å². The maximum absolute atomic E-state index is 11.7. The first kappa shape index (κ1) is 15.2. The molecule has 2 rings (SSSR count). The van der Waals surface area contributed by atoms with Gasteiger partial charge in [0.15, 0.2) is 6.61 Å². The number of carbonyl (C=O) groups excluding carboxylic acids is 1. The van der Waals surface area contributed by atoms with E-state index in [1.807, 2.05) is 24.3 Å². The summed E-state index contributed by atoms with van der Waals surface area (Å²) in [5.74, 6) is 1.08. The average molecular weight is 306 g/mol. The highest BCUT2D eigenvalue weighted by Gasteiger charge is 2.05. The smallest absolute Gasteiger partial charge is 0.258 e. The van der Waals surface area contributed by atoms with Crippen LogP contribution in [-0.4, -0.2) is 19.6 Å². The van der Waals surface area contributed by atoms with E-state index in [0.717, 1.165) is 11.3 Å².